The van der Waals surface area contributed by atoms with E-state index >= 15 is 0 Å². The normalized spacial score (nSPS) is 22.0. The highest BCUT2D eigenvalue weighted by Gasteiger charge is 2.29. The maximum absolute atomic E-state index is 4.80. The van der Waals surface area contributed by atoms with Crippen LogP contribution in [0.5, 0.6) is 0 Å². The van der Waals surface area contributed by atoms with E-state index in [4.69, 9.17) is 4.98 Å². The van der Waals surface area contributed by atoms with Gasteiger partial charge in [0.15, 0.2) is 0 Å². The van der Waals surface area contributed by atoms with E-state index in [1.54, 1.807) is 0 Å². The lowest BCUT2D eigenvalue weighted by molar-refractivity contribution is 0.494. The van der Waals surface area contributed by atoms with Gasteiger partial charge in [-0.2, -0.15) is 5.10 Å². The summed E-state index contributed by atoms with van der Waals surface area (Å²) < 4.78 is 2.10. The summed E-state index contributed by atoms with van der Waals surface area (Å²) in [6, 6.07) is 2.57. The van der Waals surface area contributed by atoms with Gasteiger partial charge in [0.05, 0.1) is 12.2 Å². The van der Waals surface area contributed by atoms with Gasteiger partial charge >= 0.3 is 0 Å². The SMILES string of the molecule is Cc1cnn(C2CCN(c3cc(C)nc(C4CC4)n3)C2)c1. The van der Waals surface area contributed by atoms with Gasteiger partial charge in [-0.1, -0.05) is 0 Å². The first-order valence-corrected chi connectivity index (χ1v) is 7.80. The lowest BCUT2D eigenvalue weighted by atomic mass is 10.3. The van der Waals surface area contributed by atoms with Crippen LogP contribution in [0.25, 0.3) is 0 Å². The highest BCUT2D eigenvalue weighted by molar-refractivity contribution is 5.42. The molecule has 4 rings (SSSR count). The number of aryl methyl sites for hydroxylation is 2. The molecule has 5 heteroatoms. The Labute approximate surface area is 125 Å². The van der Waals surface area contributed by atoms with Crippen molar-refractivity contribution in [3.63, 3.8) is 0 Å². The Kier molecular flexibility index (Phi) is 2.94. The van der Waals surface area contributed by atoms with Gasteiger partial charge in [0, 0.05) is 37.0 Å². The quantitative estimate of drug-likeness (QED) is 0.868. The molecule has 1 aliphatic carbocycles. The van der Waals surface area contributed by atoms with Gasteiger partial charge in [-0.05, 0) is 38.7 Å². The first-order valence-electron chi connectivity index (χ1n) is 7.80. The van der Waals surface area contributed by atoms with E-state index in [0.717, 1.165) is 36.8 Å². The van der Waals surface area contributed by atoms with E-state index in [2.05, 4.69) is 45.8 Å². The number of nitrogens with zero attached hydrogens (tertiary/aromatic N) is 5. The predicted molar refractivity (Wildman–Crippen MR) is 81.6 cm³/mol. The van der Waals surface area contributed by atoms with Crippen LogP contribution < -0.4 is 4.90 Å². The number of rotatable bonds is 3. The number of anilines is 1. The fourth-order valence-electron chi connectivity index (χ4n) is 3.06. The summed E-state index contributed by atoms with van der Waals surface area (Å²) >= 11 is 0. The molecule has 0 bridgehead atoms. The monoisotopic (exact) mass is 283 g/mol. The molecule has 1 aliphatic heterocycles. The van der Waals surface area contributed by atoms with Crippen molar-refractivity contribution in [3.8, 4) is 0 Å². The van der Waals surface area contributed by atoms with Crippen LogP contribution in [-0.4, -0.2) is 32.8 Å². The Balaban J connectivity index is 1.55. The summed E-state index contributed by atoms with van der Waals surface area (Å²) in [7, 11) is 0. The molecule has 1 unspecified atom stereocenters. The summed E-state index contributed by atoms with van der Waals surface area (Å²) in [5, 5.41) is 4.46. The molecule has 21 heavy (non-hydrogen) atoms. The van der Waals surface area contributed by atoms with Crippen molar-refractivity contribution in [2.45, 2.75) is 45.1 Å². The highest BCUT2D eigenvalue weighted by atomic mass is 15.3. The molecule has 1 atom stereocenters. The fraction of sp³-hybridized carbons (Fsp3) is 0.562. The van der Waals surface area contributed by atoms with Crippen LogP contribution in [0.1, 0.15) is 48.3 Å². The maximum Gasteiger partial charge on any atom is 0.134 e. The van der Waals surface area contributed by atoms with Crippen LogP contribution >= 0.6 is 0 Å². The molecular formula is C16H21N5. The third kappa shape index (κ3) is 2.52. The van der Waals surface area contributed by atoms with Crippen molar-refractivity contribution in [1.29, 1.82) is 0 Å². The molecule has 2 fully saturated rings. The van der Waals surface area contributed by atoms with Gasteiger partial charge in [0.2, 0.25) is 0 Å². The second-order valence-electron chi connectivity index (χ2n) is 6.39. The number of aromatic nitrogens is 4. The molecule has 0 spiro atoms. The fourth-order valence-corrected chi connectivity index (χ4v) is 3.06. The molecule has 0 aromatic carbocycles. The molecule has 2 aromatic rings. The average Bonchev–Trinajstić information content (AvgIpc) is 3.03. The first-order chi connectivity index (χ1) is 10.2. The molecule has 2 aliphatic rings. The summed E-state index contributed by atoms with van der Waals surface area (Å²) in [5.41, 5.74) is 2.31. The number of hydrogen-bond donors (Lipinski definition) is 0. The minimum atomic E-state index is 0.457. The second-order valence-corrected chi connectivity index (χ2v) is 6.39. The topological polar surface area (TPSA) is 46.8 Å². The summed E-state index contributed by atoms with van der Waals surface area (Å²) in [4.78, 5) is 11.8. The molecule has 2 aromatic heterocycles. The van der Waals surface area contributed by atoms with Gasteiger partial charge in [0.1, 0.15) is 11.6 Å². The zero-order chi connectivity index (χ0) is 14.4. The van der Waals surface area contributed by atoms with Gasteiger partial charge in [-0.25, -0.2) is 9.97 Å². The zero-order valence-electron chi connectivity index (χ0n) is 12.7. The summed E-state index contributed by atoms with van der Waals surface area (Å²) in [5.74, 6) is 2.75. The van der Waals surface area contributed by atoms with E-state index in [1.807, 2.05) is 6.20 Å². The van der Waals surface area contributed by atoms with Crippen LogP contribution in [0, 0.1) is 13.8 Å². The summed E-state index contributed by atoms with van der Waals surface area (Å²) in [6.45, 7) is 6.19. The van der Waals surface area contributed by atoms with Crippen LogP contribution in [0.4, 0.5) is 5.82 Å². The predicted octanol–water partition coefficient (Wildman–Crippen LogP) is 2.62. The minimum absolute atomic E-state index is 0.457. The van der Waals surface area contributed by atoms with Gasteiger partial charge in [-0.3, -0.25) is 4.68 Å². The minimum Gasteiger partial charge on any atom is -0.354 e. The van der Waals surface area contributed by atoms with Crippen molar-refractivity contribution >= 4 is 5.82 Å². The van der Waals surface area contributed by atoms with Gasteiger partial charge in [-0.15, -0.1) is 0 Å². The van der Waals surface area contributed by atoms with E-state index in [0.29, 0.717) is 12.0 Å². The molecule has 1 saturated carbocycles. The highest BCUT2D eigenvalue weighted by Crippen LogP contribution is 2.39. The molecular weight excluding hydrogens is 262 g/mol. The lowest BCUT2D eigenvalue weighted by Crippen LogP contribution is -2.22. The molecule has 0 radical (unpaired) electrons. The largest absolute Gasteiger partial charge is 0.354 e. The second kappa shape index (κ2) is 4.83. The van der Waals surface area contributed by atoms with Crippen LogP contribution in [0.2, 0.25) is 0 Å². The Morgan fingerprint density at radius 3 is 2.71 bits per heavy atom. The third-order valence-electron chi connectivity index (χ3n) is 4.39. The van der Waals surface area contributed by atoms with Gasteiger partial charge in [0.25, 0.3) is 0 Å². The van der Waals surface area contributed by atoms with Crippen molar-refractivity contribution in [1.82, 2.24) is 19.7 Å². The molecule has 0 N–H and O–H groups in total. The standard InChI is InChI=1S/C16H21N5/c1-11-8-17-21(9-11)14-5-6-20(10-14)15-7-12(2)18-16(19-15)13-3-4-13/h7-9,13-14H,3-6,10H2,1-2H3. The maximum atomic E-state index is 4.80. The Morgan fingerprint density at radius 2 is 2.00 bits per heavy atom. The number of hydrogen-bond acceptors (Lipinski definition) is 4. The average molecular weight is 283 g/mol. The summed E-state index contributed by atoms with van der Waals surface area (Å²) in [6.07, 6.45) is 7.69. The molecule has 110 valence electrons. The Hall–Kier alpha value is -1.91. The van der Waals surface area contributed by atoms with Crippen molar-refractivity contribution < 1.29 is 0 Å². The van der Waals surface area contributed by atoms with Crippen molar-refractivity contribution in [2.75, 3.05) is 18.0 Å². The van der Waals surface area contributed by atoms with E-state index in [9.17, 15) is 0 Å². The molecule has 1 saturated heterocycles. The molecule has 3 heterocycles. The van der Waals surface area contributed by atoms with Crippen LogP contribution in [0.3, 0.4) is 0 Å². The van der Waals surface area contributed by atoms with E-state index < -0.39 is 0 Å². The third-order valence-corrected chi connectivity index (χ3v) is 4.39. The van der Waals surface area contributed by atoms with Crippen LogP contribution in [0.15, 0.2) is 18.5 Å². The molecule has 0 amide bonds. The van der Waals surface area contributed by atoms with Crippen molar-refractivity contribution in [2.24, 2.45) is 0 Å². The lowest BCUT2D eigenvalue weighted by Gasteiger charge is -2.18. The first kappa shape index (κ1) is 12.8. The van der Waals surface area contributed by atoms with Gasteiger partial charge < -0.3 is 4.90 Å². The van der Waals surface area contributed by atoms with Crippen molar-refractivity contribution in [3.05, 3.63) is 35.5 Å². The molecule has 5 nitrogen and oxygen atoms in total. The van der Waals surface area contributed by atoms with Crippen LogP contribution in [-0.2, 0) is 0 Å². The van der Waals surface area contributed by atoms with E-state index in [-0.39, 0.29) is 0 Å². The Bertz CT molecular complexity index is 658. The zero-order valence-corrected chi connectivity index (χ0v) is 12.7. The van der Waals surface area contributed by atoms with E-state index in [1.165, 1.54) is 18.4 Å². The Morgan fingerprint density at radius 1 is 1.14 bits per heavy atom. The smallest absolute Gasteiger partial charge is 0.134 e.